The number of anilines is 1. The minimum Gasteiger partial charge on any atom is -0.328 e. The van der Waals surface area contributed by atoms with Gasteiger partial charge in [0.2, 0.25) is 11.1 Å². The summed E-state index contributed by atoms with van der Waals surface area (Å²) in [4.78, 5) is 17.5. The molecule has 3 aromatic rings. The minimum absolute atomic E-state index is 0.162. The molecule has 0 unspecified atom stereocenters. The van der Waals surface area contributed by atoms with Gasteiger partial charge in [-0.15, -0.1) is 5.10 Å². The first-order valence-corrected chi connectivity index (χ1v) is 11.5. The van der Waals surface area contributed by atoms with Crippen molar-refractivity contribution in [3.8, 4) is 0 Å². The van der Waals surface area contributed by atoms with Gasteiger partial charge in [-0.05, 0) is 48.2 Å². The molecule has 1 aromatic heterocycles. The van der Waals surface area contributed by atoms with E-state index in [9.17, 15) is 9.18 Å². The molecule has 30 heavy (non-hydrogen) atoms. The summed E-state index contributed by atoms with van der Waals surface area (Å²) in [6, 6.07) is 14.1. The standard InChI is InChI=1S/C22H18BrFN4OS/c23-15-4-1-3-14(11-15)20-19-17(5-2-6-18(19)29)25-21-26-22(27-28(20)21)30-12-13-7-9-16(24)10-8-13/h1,3-4,7-11,20H,2,5-6,12H2,(H,25,26,27)/t20-/m0/s1. The lowest BCUT2D eigenvalue weighted by Crippen LogP contribution is -2.31. The number of Topliss-reactive ketones (excluding diaryl/α,β-unsaturated/α-hetero) is 1. The third-order valence-corrected chi connectivity index (χ3v) is 6.70. The Labute approximate surface area is 185 Å². The number of nitrogens with one attached hydrogen (secondary N) is 1. The van der Waals surface area contributed by atoms with Crippen molar-refractivity contribution in [2.24, 2.45) is 0 Å². The van der Waals surface area contributed by atoms with Crippen LogP contribution in [0.4, 0.5) is 10.3 Å². The SMILES string of the molecule is O=C1CCCC2=C1[C@H](c1cccc(Br)c1)n1nc(SCc3ccc(F)cc3)nc1N2. The summed E-state index contributed by atoms with van der Waals surface area (Å²) >= 11 is 5.03. The van der Waals surface area contributed by atoms with Crippen molar-refractivity contribution in [2.45, 2.75) is 36.2 Å². The average Bonchev–Trinajstić information content (AvgIpc) is 3.14. The molecule has 1 aliphatic heterocycles. The maximum atomic E-state index is 13.1. The lowest BCUT2D eigenvalue weighted by atomic mass is 9.85. The maximum absolute atomic E-state index is 13.1. The minimum atomic E-state index is -0.297. The summed E-state index contributed by atoms with van der Waals surface area (Å²) in [5.74, 6) is 1.20. The number of benzene rings is 2. The first-order valence-electron chi connectivity index (χ1n) is 9.71. The molecule has 152 valence electrons. The Kier molecular flexibility index (Phi) is 5.20. The monoisotopic (exact) mass is 484 g/mol. The van der Waals surface area contributed by atoms with Crippen molar-refractivity contribution >= 4 is 39.4 Å². The molecule has 1 aliphatic carbocycles. The third-order valence-electron chi connectivity index (χ3n) is 5.29. The molecule has 1 atom stereocenters. The van der Waals surface area contributed by atoms with Crippen LogP contribution in [0, 0.1) is 5.82 Å². The Balaban J connectivity index is 1.50. The van der Waals surface area contributed by atoms with Crippen molar-refractivity contribution in [1.29, 1.82) is 0 Å². The number of nitrogens with zero attached hydrogens (tertiary/aromatic N) is 3. The Hall–Kier alpha value is -2.45. The highest BCUT2D eigenvalue weighted by Crippen LogP contribution is 2.41. The summed E-state index contributed by atoms with van der Waals surface area (Å²) in [6.45, 7) is 0. The van der Waals surface area contributed by atoms with Gasteiger partial charge >= 0.3 is 0 Å². The molecule has 0 radical (unpaired) electrons. The molecule has 0 amide bonds. The largest absolute Gasteiger partial charge is 0.328 e. The van der Waals surface area contributed by atoms with E-state index in [0.717, 1.165) is 39.7 Å². The van der Waals surface area contributed by atoms with Gasteiger partial charge in [0.25, 0.3) is 0 Å². The summed E-state index contributed by atoms with van der Waals surface area (Å²) in [7, 11) is 0. The van der Waals surface area contributed by atoms with E-state index in [1.807, 2.05) is 28.9 Å². The predicted molar refractivity (Wildman–Crippen MR) is 118 cm³/mol. The average molecular weight is 485 g/mol. The van der Waals surface area contributed by atoms with Crippen LogP contribution in [-0.2, 0) is 10.5 Å². The molecule has 0 fully saturated rings. The lowest BCUT2D eigenvalue weighted by molar-refractivity contribution is -0.116. The molecule has 1 N–H and O–H groups in total. The van der Waals surface area contributed by atoms with Gasteiger partial charge in [-0.1, -0.05) is 52.0 Å². The number of allylic oxidation sites excluding steroid dienone is 2. The fraction of sp³-hybridized carbons (Fsp3) is 0.227. The molecule has 2 aliphatic rings. The second-order valence-corrected chi connectivity index (χ2v) is 9.19. The number of carbonyl (C=O) groups is 1. The van der Waals surface area contributed by atoms with Crippen LogP contribution in [-0.4, -0.2) is 20.5 Å². The summed E-state index contributed by atoms with van der Waals surface area (Å²) in [5.41, 5.74) is 3.73. The molecule has 0 spiro atoms. The van der Waals surface area contributed by atoms with Gasteiger partial charge in [0.05, 0.1) is 0 Å². The van der Waals surface area contributed by atoms with Crippen LogP contribution < -0.4 is 5.32 Å². The van der Waals surface area contributed by atoms with E-state index < -0.39 is 0 Å². The smallest absolute Gasteiger partial charge is 0.227 e. The molecule has 8 heteroatoms. The lowest BCUT2D eigenvalue weighted by Gasteiger charge is -2.32. The summed E-state index contributed by atoms with van der Waals surface area (Å²) in [6.07, 6.45) is 2.23. The maximum Gasteiger partial charge on any atom is 0.227 e. The van der Waals surface area contributed by atoms with Crippen LogP contribution in [0.3, 0.4) is 0 Å². The van der Waals surface area contributed by atoms with Gasteiger partial charge in [0.1, 0.15) is 11.9 Å². The Morgan fingerprint density at radius 3 is 2.83 bits per heavy atom. The number of hydrogen-bond donors (Lipinski definition) is 1. The fourth-order valence-corrected chi connectivity index (χ4v) is 5.11. The van der Waals surface area contributed by atoms with Gasteiger partial charge in [-0.2, -0.15) is 4.98 Å². The number of thioether (sulfide) groups is 1. The molecule has 0 bridgehead atoms. The molecule has 5 rings (SSSR count). The fourth-order valence-electron chi connectivity index (χ4n) is 3.91. The molecule has 2 heterocycles. The van der Waals surface area contributed by atoms with Crippen molar-refractivity contribution in [1.82, 2.24) is 14.8 Å². The van der Waals surface area contributed by atoms with E-state index in [4.69, 9.17) is 5.10 Å². The number of halogens is 2. The van der Waals surface area contributed by atoms with Gasteiger partial charge < -0.3 is 5.32 Å². The molecular weight excluding hydrogens is 467 g/mol. The van der Waals surface area contributed by atoms with Crippen molar-refractivity contribution in [3.63, 3.8) is 0 Å². The van der Waals surface area contributed by atoms with Crippen molar-refractivity contribution in [2.75, 3.05) is 5.32 Å². The first kappa shape index (κ1) is 19.5. The highest BCUT2D eigenvalue weighted by Gasteiger charge is 2.36. The Morgan fingerprint density at radius 2 is 2.03 bits per heavy atom. The molecule has 0 saturated heterocycles. The number of rotatable bonds is 4. The van der Waals surface area contributed by atoms with Crippen LogP contribution in [0.1, 0.15) is 36.4 Å². The number of aromatic nitrogens is 3. The zero-order valence-corrected chi connectivity index (χ0v) is 18.3. The number of hydrogen-bond acceptors (Lipinski definition) is 5. The van der Waals surface area contributed by atoms with Gasteiger partial charge in [0, 0.05) is 27.9 Å². The van der Waals surface area contributed by atoms with E-state index in [1.54, 1.807) is 12.1 Å². The second kappa shape index (κ2) is 8.00. The van der Waals surface area contributed by atoms with Crippen molar-refractivity contribution < 1.29 is 9.18 Å². The predicted octanol–water partition coefficient (Wildman–Crippen LogP) is 5.49. The van der Waals surface area contributed by atoms with E-state index in [2.05, 4.69) is 26.2 Å². The number of fused-ring (bicyclic) bond motifs is 1. The van der Waals surface area contributed by atoms with E-state index >= 15 is 0 Å². The van der Waals surface area contributed by atoms with Crippen LogP contribution in [0.15, 0.2) is 69.4 Å². The Morgan fingerprint density at radius 1 is 1.20 bits per heavy atom. The molecule has 2 aromatic carbocycles. The number of ketones is 1. The zero-order valence-electron chi connectivity index (χ0n) is 15.9. The topological polar surface area (TPSA) is 59.8 Å². The highest BCUT2D eigenvalue weighted by molar-refractivity contribution is 9.10. The quantitative estimate of drug-likeness (QED) is 0.495. The van der Waals surface area contributed by atoms with Gasteiger partial charge in [-0.3, -0.25) is 4.79 Å². The molecule has 5 nitrogen and oxygen atoms in total. The Bertz CT molecular complexity index is 1160. The molecular formula is C22H18BrFN4OS. The normalized spacial score (nSPS) is 18.1. The van der Waals surface area contributed by atoms with E-state index in [1.165, 1.54) is 23.9 Å². The van der Waals surface area contributed by atoms with Crippen LogP contribution in [0.25, 0.3) is 0 Å². The first-order chi connectivity index (χ1) is 14.6. The van der Waals surface area contributed by atoms with Crippen LogP contribution in [0.5, 0.6) is 0 Å². The summed E-state index contributed by atoms with van der Waals surface area (Å²) < 4.78 is 15.9. The van der Waals surface area contributed by atoms with Gasteiger partial charge in [0.15, 0.2) is 5.78 Å². The van der Waals surface area contributed by atoms with E-state index in [0.29, 0.717) is 23.3 Å². The highest BCUT2D eigenvalue weighted by atomic mass is 79.9. The molecule has 0 saturated carbocycles. The van der Waals surface area contributed by atoms with Crippen molar-refractivity contribution in [3.05, 3.63) is 81.2 Å². The van der Waals surface area contributed by atoms with Crippen LogP contribution in [0.2, 0.25) is 0 Å². The zero-order chi connectivity index (χ0) is 20.7. The van der Waals surface area contributed by atoms with E-state index in [-0.39, 0.29) is 17.6 Å². The third kappa shape index (κ3) is 3.70. The summed E-state index contributed by atoms with van der Waals surface area (Å²) in [5, 5.41) is 8.69. The van der Waals surface area contributed by atoms with Gasteiger partial charge in [-0.25, -0.2) is 9.07 Å². The second-order valence-electron chi connectivity index (χ2n) is 7.33. The van der Waals surface area contributed by atoms with Crippen LogP contribution >= 0.6 is 27.7 Å². The number of carbonyl (C=O) groups excluding carboxylic acids is 1.